The molecule has 0 radical (unpaired) electrons. The van der Waals surface area contributed by atoms with Gasteiger partial charge in [-0.2, -0.15) is 0 Å². The van der Waals surface area contributed by atoms with E-state index >= 15 is 0 Å². The van der Waals surface area contributed by atoms with Crippen LogP contribution in [-0.4, -0.2) is 13.2 Å². The van der Waals surface area contributed by atoms with Gasteiger partial charge in [0.25, 0.3) is 0 Å². The Morgan fingerprint density at radius 1 is 1.19 bits per heavy atom. The molecule has 1 N–H and O–H groups in total. The van der Waals surface area contributed by atoms with E-state index in [2.05, 4.69) is 35.1 Å². The van der Waals surface area contributed by atoms with Gasteiger partial charge < -0.3 is 10.1 Å². The highest BCUT2D eigenvalue weighted by Crippen LogP contribution is 2.30. The van der Waals surface area contributed by atoms with Gasteiger partial charge >= 0.3 is 0 Å². The van der Waals surface area contributed by atoms with E-state index in [9.17, 15) is 4.39 Å². The lowest BCUT2D eigenvalue weighted by molar-refractivity contribution is 0.406. The highest BCUT2D eigenvalue weighted by atomic mass is 79.9. The minimum Gasteiger partial charge on any atom is -0.496 e. The molecule has 0 aliphatic carbocycles. The van der Waals surface area contributed by atoms with E-state index in [0.29, 0.717) is 18.2 Å². The third-order valence-electron chi connectivity index (χ3n) is 3.22. The third-order valence-corrected chi connectivity index (χ3v) is 3.71. The summed E-state index contributed by atoms with van der Waals surface area (Å²) < 4.78 is 20.3. The first kappa shape index (κ1) is 16.0. The van der Waals surface area contributed by atoms with Gasteiger partial charge in [0.15, 0.2) is 0 Å². The Kier molecular flexibility index (Phi) is 5.37. The standard InChI is InChI=1S/C17H19BrFNO/c1-11(2)20-10-13-8-12(4-7-17(13)21-3)15-9-14(18)5-6-16(15)19/h4-9,11,20H,10H2,1-3H3. The lowest BCUT2D eigenvalue weighted by atomic mass is 10.0. The fourth-order valence-electron chi connectivity index (χ4n) is 2.12. The quantitative estimate of drug-likeness (QED) is 0.838. The lowest BCUT2D eigenvalue weighted by Gasteiger charge is -2.14. The molecule has 21 heavy (non-hydrogen) atoms. The van der Waals surface area contributed by atoms with E-state index in [0.717, 1.165) is 21.3 Å². The Hall–Kier alpha value is -1.39. The van der Waals surface area contributed by atoms with Crippen molar-refractivity contribution >= 4 is 15.9 Å². The van der Waals surface area contributed by atoms with Crippen molar-refractivity contribution in [3.05, 3.63) is 52.3 Å². The Balaban J connectivity index is 2.41. The number of halogens is 2. The summed E-state index contributed by atoms with van der Waals surface area (Å²) in [4.78, 5) is 0. The van der Waals surface area contributed by atoms with Crippen molar-refractivity contribution in [1.82, 2.24) is 5.32 Å². The molecular formula is C17H19BrFNO. The molecule has 0 saturated carbocycles. The van der Waals surface area contributed by atoms with E-state index in [-0.39, 0.29) is 5.82 Å². The molecule has 0 fully saturated rings. The summed E-state index contributed by atoms with van der Waals surface area (Å²) in [5.41, 5.74) is 2.44. The van der Waals surface area contributed by atoms with Crippen LogP contribution in [-0.2, 0) is 6.54 Å². The number of ether oxygens (including phenoxy) is 1. The zero-order chi connectivity index (χ0) is 15.4. The van der Waals surface area contributed by atoms with Crippen LogP contribution >= 0.6 is 15.9 Å². The number of rotatable bonds is 5. The predicted octanol–water partition coefficient (Wildman–Crippen LogP) is 4.76. The van der Waals surface area contributed by atoms with Gasteiger partial charge in [-0.05, 0) is 35.9 Å². The van der Waals surface area contributed by atoms with Crippen LogP contribution < -0.4 is 10.1 Å². The zero-order valence-electron chi connectivity index (χ0n) is 12.4. The first-order valence-electron chi connectivity index (χ1n) is 6.87. The van der Waals surface area contributed by atoms with Crippen LogP contribution in [0.2, 0.25) is 0 Å². The Morgan fingerprint density at radius 2 is 1.95 bits per heavy atom. The fourth-order valence-corrected chi connectivity index (χ4v) is 2.48. The molecule has 0 atom stereocenters. The van der Waals surface area contributed by atoms with Crippen molar-refractivity contribution in [2.45, 2.75) is 26.4 Å². The molecule has 0 aromatic heterocycles. The fraction of sp³-hybridized carbons (Fsp3) is 0.294. The molecule has 0 bridgehead atoms. The summed E-state index contributed by atoms with van der Waals surface area (Å²) in [7, 11) is 1.65. The van der Waals surface area contributed by atoms with Crippen LogP contribution in [0.4, 0.5) is 4.39 Å². The highest BCUT2D eigenvalue weighted by molar-refractivity contribution is 9.10. The summed E-state index contributed by atoms with van der Waals surface area (Å²) in [5, 5.41) is 3.36. The molecule has 2 nitrogen and oxygen atoms in total. The Morgan fingerprint density at radius 3 is 2.62 bits per heavy atom. The van der Waals surface area contributed by atoms with Crippen LogP contribution in [0, 0.1) is 5.82 Å². The van der Waals surface area contributed by atoms with Gasteiger partial charge in [-0.1, -0.05) is 35.8 Å². The SMILES string of the molecule is COc1ccc(-c2cc(Br)ccc2F)cc1CNC(C)C. The van der Waals surface area contributed by atoms with E-state index in [4.69, 9.17) is 4.74 Å². The van der Waals surface area contributed by atoms with Crippen molar-refractivity contribution in [1.29, 1.82) is 0 Å². The normalized spacial score (nSPS) is 11.0. The van der Waals surface area contributed by atoms with E-state index in [1.807, 2.05) is 18.2 Å². The van der Waals surface area contributed by atoms with Crippen LogP contribution in [0.1, 0.15) is 19.4 Å². The monoisotopic (exact) mass is 351 g/mol. The van der Waals surface area contributed by atoms with Gasteiger partial charge in [-0.3, -0.25) is 0 Å². The second-order valence-electron chi connectivity index (χ2n) is 5.19. The molecule has 2 aromatic carbocycles. The van der Waals surface area contributed by atoms with E-state index < -0.39 is 0 Å². The van der Waals surface area contributed by atoms with Crippen LogP contribution in [0.3, 0.4) is 0 Å². The van der Waals surface area contributed by atoms with Crippen molar-refractivity contribution in [2.24, 2.45) is 0 Å². The summed E-state index contributed by atoms with van der Waals surface area (Å²) in [6.07, 6.45) is 0. The molecule has 0 amide bonds. The molecular weight excluding hydrogens is 333 g/mol. The van der Waals surface area contributed by atoms with Gasteiger partial charge in [-0.15, -0.1) is 0 Å². The minimum absolute atomic E-state index is 0.230. The largest absolute Gasteiger partial charge is 0.496 e. The molecule has 0 aliphatic rings. The summed E-state index contributed by atoms with van der Waals surface area (Å²) >= 11 is 3.39. The maximum atomic E-state index is 14.0. The molecule has 2 aromatic rings. The maximum Gasteiger partial charge on any atom is 0.131 e. The molecule has 0 unspecified atom stereocenters. The van der Waals surface area contributed by atoms with Crippen LogP contribution in [0.25, 0.3) is 11.1 Å². The number of nitrogens with one attached hydrogen (secondary N) is 1. The molecule has 0 saturated heterocycles. The number of hydrogen-bond acceptors (Lipinski definition) is 2. The molecule has 4 heteroatoms. The second-order valence-corrected chi connectivity index (χ2v) is 6.10. The average molecular weight is 352 g/mol. The Bertz CT molecular complexity index is 628. The van der Waals surface area contributed by atoms with Gasteiger partial charge in [0.2, 0.25) is 0 Å². The van der Waals surface area contributed by atoms with Gasteiger partial charge in [0, 0.05) is 28.2 Å². The van der Waals surface area contributed by atoms with Crippen molar-refractivity contribution in [3.8, 4) is 16.9 Å². The number of hydrogen-bond donors (Lipinski definition) is 1. The molecule has 0 aliphatic heterocycles. The molecule has 112 valence electrons. The van der Waals surface area contributed by atoms with Gasteiger partial charge in [0.1, 0.15) is 11.6 Å². The van der Waals surface area contributed by atoms with E-state index in [1.54, 1.807) is 19.2 Å². The average Bonchev–Trinajstić information content (AvgIpc) is 2.47. The van der Waals surface area contributed by atoms with Crippen LogP contribution in [0.15, 0.2) is 40.9 Å². The van der Waals surface area contributed by atoms with Gasteiger partial charge in [-0.25, -0.2) is 4.39 Å². The van der Waals surface area contributed by atoms with Crippen LogP contribution in [0.5, 0.6) is 5.75 Å². The molecule has 0 spiro atoms. The zero-order valence-corrected chi connectivity index (χ0v) is 14.0. The lowest BCUT2D eigenvalue weighted by Crippen LogP contribution is -2.22. The topological polar surface area (TPSA) is 21.3 Å². The highest BCUT2D eigenvalue weighted by Gasteiger charge is 2.10. The van der Waals surface area contributed by atoms with Crippen molar-refractivity contribution < 1.29 is 9.13 Å². The predicted molar refractivity (Wildman–Crippen MR) is 88.1 cm³/mol. The first-order chi connectivity index (χ1) is 10.0. The van der Waals surface area contributed by atoms with Gasteiger partial charge in [0.05, 0.1) is 7.11 Å². The summed E-state index contributed by atoms with van der Waals surface area (Å²) in [6, 6.07) is 11.1. The maximum absolute atomic E-state index is 14.0. The minimum atomic E-state index is -0.230. The van der Waals surface area contributed by atoms with Crippen molar-refractivity contribution in [3.63, 3.8) is 0 Å². The summed E-state index contributed by atoms with van der Waals surface area (Å²) in [6.45, 7) is 4.86. The van der Waals surface area contributed by atoms with Crippen molar-refractivity contribution in [2.75, 3.05) is 7.11 Å². The first-order valence-corrected chi connectivity index (χ1v) is 7.66. The second kappa shape index (κ2) is 7.05. The number of methoxy groups -OCH3 is 1. The third kappa shape index (κ3) is 4.05. The summed E-state index contributed by atoms with van der Waals surface area (Å²) in [5.74, 6) is 0.577. The molecule has 0 heterocycles. The Labute approximate surface area is 133 Å². The van der Waals surface area contributed by atoms with E-state index in [1.165, 1.54) is 6.07 Å². The smallest absolute Gasteiger partial charge is 0.131 e. The number of benzene rings is 2. The molecule has 2 rings (SSSR count).